The molecule has 1 aromatic carbocycles. The van der Waals surface area contributed by atoms with Gasteiger partial charge in [-0.25, -0.2) is 4.79 Å². The van der Waals surface area contributed by atoms with Crippen LogP contribution >= 0.6 is 24.4 Å². The first-order valence-electron chi connectivity index (χ1n) is 3.78. The molecule has 3 nitrogen and oxygen atoms in total. The third kappa shape index (κ3) is 3.08. The van der Waals surface area contributed by atoms with E-state index in [1.807, 2.05) is 0 Å². The molecule has 0 bridgehead atoms. The van der Waals surface area contributed by atoms with Crippen molar-refractivity contribution in [3.05, 3.63) is 29.8 Å². The zero-order valence-corrected chi connectivity index (χ0v) is 8.85. The van der Waals surface area contributed by atoms with Crippen LogP contribution in [0.5, 0.6) is 0 Å². The van der Waals surface area contributed by atoms with Gasteiger partial charge in [-0.2, -0.15) is 12.6 Å². The van der Waals surface area contributed by atoms with Crippen LogP contribution in [-0.4, -0.2) is 21.9 Å². The minimum atomic E-state index is -0.995. The Morgan fingerprint density at radius 3 is 2.71 bits per heavy atom. The monoisotopic (exact) mass is 228 g/mol. The van der Waals surface area contributed by atoms with E-state index in [1.165, 1.54) is 12.1 Å². The summed E-state index contributed by atoms with van der Waals surface area (Å²) in [5.74, 6) is -0.854. The Hall–Kier alpha value is -0.940. The molecule has 0 radical (unpaired) electrons. The molecule has 0 aliphatic carbocycles. The summed E-state index contributed by atoms with van der Waals surface area (Å²) in [5, 5.41) is 8.59. The Morgan fingerprint density at radius 1 is 1.43 bits per heavy atom. The molecule has 0 amide bonds. The van der Waals surface area contributed by atoms with Crippen LogP contribution in [0.15, 0.2) is 29.2 Å². The lowest BCUT2D eigenvalue weighted by Crippen LogP contribution is -1.97. The molecule has 0 atom stereocenters. The van der Waals surface area contributed by atoms with Crippen molar-refractivity contribution in [1.82, 2.24) is 0 Å². The average molecular weight is 228 g/mol. The first-order chi connectivity index (χ1) is 6.63. The third-order valence-corrected chi connectivity index (χ3v) is 2.80. The summed E-state index contributed by atoms with van der Waals surface area (Å²) in [4.78, 5) is 22.2. The van der Waals surface area contributed by atoms with Gasteiger partial charge in [0.2, 0.25) is 5.12 Å². The van der Waals surface area contributed by atoms with Gasteiger partial charge in [-0.05, 0) is 18.2 Å². The number of carboxylic acid groups (broad SMARTS) is 1. The first-order valence-corrected chi connectivity index (χ1v) is 5.23. The number of aromatic carboxylic acids is 1. The molecule has 0 aliphatic heterocycles. The summed E-state index contributed by atoms with van der Waals surface area (Å²) < 4.78 is 0. The molecule has 0 saturated heterocycles. The second-order valence-electron chi connectivity index (χ2n) is 2.47. The molecule has 1 aromatic rings. The molecule has 0 aliphatic rings. The highest BCUT2D eigenvalue weighted by Crippen LogP contribution is 2.20. The molecule has 0 fully saturated rings. The minimum absolute atomic E-state index is 0.101. The van der Waals surface area contributed by atoms with Crippen LogP contribution in [-0.2, 0) is 4.79 Å². The maximum Gasteiger partial charge on any atom is 0.335 e. The smallest absolute Gasteiger partial charge is 0.335 e. The van der Waals surface area contributed by atoms with E-state index in [-0.39, 0.29) is 16.4 Å². The van der Waals surface area contributed by atoms with Gasteiger partial charge < -0.3 is 5.11 Å². The number of thioether (sulfide) groups is 1. The lowest BCUT2D eigenvalue weighted by atomic mass is 10.2. The number of carbonyl (C=O) groups excluding carboxylic acids is 1. The largest absolute Gasteiger partial charge is 0.478 e. The normalized spacial score (nSPS) is 9.79. The van der Waals surface area contributed by atoms with Crippen LogP contribution in [0.1, 0.15) is 10.4 Å². The van der Waals surface area contributed by atoms with Gasteiger partial charge in [-0.15, -0.1) is 0 Å². The zero-order chi connectivity index (χ0) is 10.6. The number of thiol groups is 1. The molecular formula is C9H8O3S2. The maximum atomic E-state index is 11.0. The van der Waals surface area contributed by atoms with E-state index in [1.54, 1.807) is 12.1 Å². The SMILES string of the molecule is O=C(CS)Sc1cccc(C(=O)O)c1. The first kappa shape index (κ1) is 11.1. The number of carboxylic acids is 1. The van der Waals surface area contributed by atoms with Gasteiger partial charge in [0.15, 0.2) is 0 Å². The van der Waals surface area contributed by atoms with E-state index in [9.17, 15) is 9.59 Å². The standard InChI is InChI=1S/C9H8O3S2/c10-8(5-13)14-7-3-1-2-6(4-7)9(11)12/h1-4,13H,5H2,(H,11,12). The Balaban J connectivity index is 2.83. The van der Waals surface area contributed by atoms with Crippen LogP contribution in [0.25, 0.3) is 0 Å². The van der Waals surface area contributed by atoms with Crippen molar-refractivity contribution in [1.29, 1.82) is 0 Å². The van der Waals surface area contributed by atoms with Gasteiger partial charge in [-0.3, -0.25) is 4.79 Å². The summed E-state index contributed by atoms with van der Waals surface area (Å²) in [6.07, 6.45) is 0. The Labute approximate surface area is 90.9 Å². The summed E-state index contributed by atoms with van der Waals surface area (Å²) in [6, 6.07) is 6.25. The van der Waals surface area contributed by atoms with Crippen molar-refractivity contribution in [2.75, 3.05) is 5.75 Å². The van der Waals surface area contributed by atoms with Crippen molar-refractivity contribution in [3.8, 4) is 0 Å². The van der Waals surface area contributed by atoms with Crippen LogP contribution in [0.2, 0.25) is 0 Å². The quantitative estimate of drug-likeness (QED) is 0.613. The van der Waals surface area contributed by atoms with Crippen LogP contribution < -0.4 is 0 Å². The van der Waals surface area contributed by atoms with E-state index >= 15 is 0 Å². The van der Waals surface area contributed by atoms with Gasteiger partial charge in [0.1, 0.15) is 0 Å². The molecule has 0 aromatic heterocycles. The van der Waals surface area contributed by atoms with Crippen molar-refractivity contribution < 1.29 is 14.7 Å². The Kier molecular flexibility index (Phi) is 4.03. The zero-order valence-electron chi connectivity index (χ0n) is 7.14. The lowest BCUT2D eigenvalue weighted by Gasteiger charge is -1.99. The number of carbonyl (C=O) groups is 2. The molecule has 0 unspecified atom stereocenters. The number of hydrogen-bond donors (Lipinski definition) is 2. The number of benzene rings is 1. The minimum Gasteiger partial charge on any atom is -0.478 e. The van der Waals surface area contributed by atoms with Gasteiger partial charge in [0.25, 0.3) is 0 Å². The predicted molar refractivity (Wildman–Crippen MR) is 58.1 cm³/mol. The Morgan fingerprint density at radius 2 is 2.14 bits per heavy atom. The van der Waals surface area contributed by atoms with Crippen molar-refractivity contribution >= 4 is 35.5 Å². The van der Waals surface area contributed by atoms with E-state index in [0.717, 1.165) is 11.8 Å². The molecule has 14 heavy (non-hydrogen) atoms. The topological polar surface area (TPSA) is 54.4 Å². The number of hydrogen-bond acceptors (Lipinski definition) is 4. The molecule has 0 heterocycles. The van der Waals surface area contributed by atoms with Crippen molar-refractivity contribution in [3.63, 3.8) is 0 Å². The Bertz CT molecular complexity index is 363. The summed E-state index contributed by atoms with van der Waals surface area (Å²) >= 11 is 4.82. The second-order valence-corrected chi connectivity index (χ2v) is 3.91. The molecular weight excluding hydrogens is 220 g/mol. The van der Waals surface area contributed by atoms with Crippen LogP contribution in [0.3, 0.4) is 0 Å². The van der Waals surface area contributed by atoms with Crippen LogP contribution in [0.4, 0.5) is 0 Å². The summed E-state index contributed by atoms with van der Waals surface area (Å²) in [7, 11) is 0. The van der Waals surface area contributed by atoms with Crippen molar-refractivity contribution in [2.45, 2.75) is 4.90 Å². The fourth-order valence-electron chi connectivity index (χ4n) is 0.856. The molecule has 74 valence electrons. The molecule has 1 rings (SSSR count). The van der Waals surface area contributed by atoms with Gasteiger partial charge in [0, 0.05) is 4.90 Å². The summed E-state index contributed by atoms with van der Waals surface area (Å²) in [5.41, 5.74) is 0.182. The summed E-state index contributed by atoms with van der Waals surface area (Å²) in [6.45, 7) is 0. The predicted octanol–water partition coefficient (Wildman–Crippen LogP) is 1.93. The van der Waals surface area contributed by atoms with Gasteiger partial charge in [-0.1, -0.05) is 17.8 Å². The van der Waals surface area contributed by atoms with E-state index in [2.05, 4.69) is 12.6 Å². The maximum absolute atomic E-state index is 11.0. The average Bonchev–Trinajstić information content (AvgIpc) is 2.18. The molecule has 1 N–H and O–H groups in total. The van der Waals surface area contributed by atoms with E-state index in [0.29, 0.717) is 4.90 Å². The van der Waals surface area contributed by atoms with E-state index in [4.69, 9.17) is 5.11 Å². The number of rotatable bonds is 3. The molecule has 0 spiro atoms. The molecule has 0 saturated carbocycles. The van der Waals surface area contributed by atoms with Crippen LogP contribution in [0, 0.1) is 0 Å². The van der Waals surface area contributed by atoms with E-state index < -0.39 is 5.97 Å². The fourth-order valence-corrected chi connectivity index (χ4v) is 1.71. The highest BCUT2D eigenvalue weighted by molar-refractivity contribution is 8.14. The fraction of sp³-hybridized carbons (Fsp3) is 0.111. The third-order valence-electron chi connectivity index (χ3n) is 1.44. The lowest BCUT2D eigenvalue weighted by molar-refractivity contribution is -0.108. The van der Waals surface area contributed by atoms with Gasteiger partial charge in [0.05, 0.1) is 11.3 Å². The molecule has 5 heteroatoms. The highest BCUT2D eigenvalue weighted by atomic mass is 32.2. The van der Waals surface area contributed by atoms with Gasteiger partial charge >= 0.3 is 5.97 Å². The second kappa shape index (κ2) is 5.07. The highest BCUT2D eigenvalue weighted by Gasteiger charge is 2.06. The van der Waals surface area contributed by atoms with Crippen molar-refractivity contribution in [2.24, 2.45) is 0 Å².